The first-order chi connectivity index (χ1) is 16.4. The molecule has 3 rings (SSSR count). The third kappa shape index (κ3) is 7.52. The van der Waals surface area contributed by atoms with E-state index in [1.807, 2.05) is 6.92 Å². The maximum absolute atomic E-state index is 13.2. The summed E-state index contributed by atoms with van der Waals surface area (Å²) in [6, 6.07) is 17.7. The standard InChI is InChI=1S/C24H26FN3O5S2/c1-18-5-9-21(10-6-18)27-35(32,33)23-15-11-20(12-16-23)26-24(29)4-3-17-28(34(2,30)31)22-13-7-19(25)8-14-22/h5-16,27H,3-4,17H2,1-2H3,(H,26,29). The number of aryl methyl sites for hydroxylation is 1. The van der Waals surface area contributed by atoms with Gasteiger partial charge in [-0.15, -0.1) is 0 Å². The van der Waals surface area contributed by atoms with Crippen molar-refractivity contribution in [2.24, 2.45) is 0 Å². The Bertz CT molecular complexity index is 1370. The van der Waals surface area contributed by atoms with Crippen LogP contribution >= 0.6 is 0 Å². The first-order valence-electron chi connectivity index (χ1n) is 10.7. The molecule has 8 nitrogen and oxygen atoms in total. The quantitative estimate of drug-likeness (QED) is 0.418. The molecule has 0 radical (unpaired) electrons. The first-order valence-corrected chi connectivity index (χ1v) is 14.0. The minimum absolute atomic E-state index is 0.0300. The maximum Gasteiger partial charge on any atom is 0.261 e. The van der Waals surface area contributed by atoms with Gasteiger partial charge in [0.1, 0.15) is 5.82 Å². The van der Waals surface area contributed by atoms with Gasteiger partial charge in [-0.2, -0.15) is 0 Å². The highest BCUT2D eigenvalue weighted by molar-refractivity contribution is 7.92. The Kier molecular flexibility index (Phi) is 8.13. The third-order valence-electron chi connectivity index (χ3n) is 5.03. The number of carbonyl (C=O) groups is 1. The molecule has 11 heteroatoms. The first kappa shape index (κ1) is 26.2. The Morgan fingerprint density at radius 3 is 2.00 bits per heavy atom. The van der Waals surface area contributed by atoms with Gasteiger partial charge in [-0.05, 0) is 74.0 Å². The summed E-state index contributed by atoms with van der Waals surface area (Å²) >= 11 is 0. The maximum atomic E-state index is 13.2. The molecule has 0 bridgehead atoms. The van der Waals surface area contributed by atoms with Crippen molar-refractivity contribution in [3.63, 3.8) is 0 Å². The van der Waals surface area contributed by atoms with Crippen LogP contribution < -0.4 is 14.3 Å². The molecule has 0 atom stereocenters. The molecule has 0 spiro atoms. The summed E-state index contributed by atoms with van der Waals surface area (Å²) in [7, 11) is -7.40. The molecule has 3 aromatic carbocycles. The number of sulfonamides is 2. The molecule has 0 aliphatic rings. The lowest BCUT2D eigenvalue weighted by atomic mass is 10.2. The van der Waals surface area contributed by atoms with Gasteiger partial charge < -0.3 is 5.32 Å². The van der Waals surface area contributed by atoms with Crippen LogP contribution in [0, 0.1) is 12.7 Å². The molecule has 35 heavy (non-hydrogen) atoms. The highest BCUT2D eigenvalue weighted by atomic mass is 32.2. The SMILES string of the molecule is Cc1ccc(NS(=O)(=O)c2ccc(NC(=O)CCCN(c3ccc(F)cc3)S(C)(=O)=O)cc2)cc1. The average molecular weight is 520 g/mol. The van der Waals surface area contributed by atoms with Crippen LogP contribution in [0.5, 0.6) is 0 Å². The molecule has 3 aromatic rings. The molecule has 186 valence electrons. The highest BCUT2D eigenvalue weighted by Gasteiger charge is 2.18. The molecule has 1 amide bonds. The monoisotopic (exact) mass is 519 g/mol. The van der Waals surface area contributed by atoms with E-state index in [0.717, 1.165) is 16.1 Å². The summed E-state index contributed by atoms with van der Waals surface area (Å²) in [6.45, 7) is 1.94. The molecule has 0 unspecified atom stereocenters. The molecule has 0 saturated heterocycles. The summed E-state index contributed by atoms with van der Waals surface area (Å²) < 4.78 is 66.1. The van der Waals surface area contributed by atoms with Gasteiger partial charge in [0, 0.05) is 24.3 Å². The van der Waals surface area contributed by atoms with E-state index >= 15 is 0 Å². The van der Waals surface area contributed by atoms with Crippen molar-refractivity contribution in [3.8, 4) is 0 Å². The van der Waals surface area contributed by atoms with Gasteiger partial charge in [0.05, 0.1) is 16.8 Å². The van der Waals surface area contributed by atoms with Gasteiger partial charge in [-0.3, -0.25) is 13.8 Å². The molecule has 0 heterocycles. The zero-order chi connectivity index (χ0) is 25.6. The lowest BCUT2D eigenvalue weighted by molar-refractivity contribution is -0.116. The average Bonchev–Trinajstić information content (AvgIpc) is 2.78. The van der Waals surface area contributed by atoms with Crippen LogP contribution in [0.4, 0.5) is 21.5 Å². The lowest BCUT2D eigenvalue weighted by Gasteiger charge is -2.22. The van der Waals surface area contributed by atoms with Gasteiger partial charge in [0.15, 0.2) is 0 Å². The van der Waals surface area contributed by atoms with Gasteiger partial charge in [-0.1, -0.05) is 17.7 Å². The fourth-order valence-corrected chi connectivity index (χ4v) is 5.28. The van der Waals surface area contributed by atoms with Crippen LogP contribution in [0.1, 0.15) is 18.4 Å². The molecule has 0 aromatic heterocycles. The summed E-state index contributed by atoms with van der Waals surface area (Å²) in [5, 5.41) is 2.66. The van der Waals surface area contributed by atoms with E-state index in [9.17, 15) is 26.0 Å². The fraction of sp³-hybridized carbons (Fsp3) is 0.208. The fourth-order valence-electron chi connectivity index (χ4n) is 3.25. The normalized spacial score (nSPS) is 11.6. The van der Waals surface area contributed by atoms with Crippen molar-refractivity contribution in [2.75, 3.05) is 27.1 Å². The van der Waals surface area contributed by atoms with Crippen molar-refractivity contribution >= 4 is 43.0 Å². The number of hydrogen-bond acceptors (Lipinski definition) is 5. The number of rotatable bonds is 10. The smallest absolute Gasteiger partial charge is 0.261 e. The van der Waals surface area contributed by atoms with E-state index in [4.69, 9.17) is 0 Å². The zero-order valence-electron chi connectivity index (χ0n) is 19.2. The molecule has 0 aliphatic carbocycles. The minimum Gasteiger partial charge on any atom is -0.326 e. The Morgan fingerprint density at radius 2 is 1.43 bits per heavy atom. The van der Waals surface area contributed by atoms with Crippen LogP contribution in [0.3, 0.4) is 0 Å². The van der Waals surface area contributed by atoms with Gasteiger partial charge in [0.25, 0.3) is 10.0 Å². The van der Waals surface area contributed by atoms with Crippen molar-refractivity contribution in [1.29, 1.82) is 0 Å². The summed E-state index contributed by atoms with van der Waals surface area (Å²) in [6.07, 6.45) is 1.30. The summed E-state index contributed by atoms with van der Waals surface area (Å²) in [5.41, 5.74) is 2.16. The molecular formula is C24H26FN3O5S2. The van der Waals surface area contributed by atoms with E-state index < -0.39 is 25.9 Å². The third-order valence-corrected chi connectivity index (χ3v) is 7.62. The van der Waals surface area contributed by atoms with Crippen LogP contribution in [-0.2, 0) is 24.8 Å². The second-order valence-electron chi connectivity index (χ2n) is 7.96. The number of benzene rings is 3. The highest BCUT2D eigenvalue weighted by Crippen LogP contribution is 2.20. The molecular weight excluding hydrogens is 493 g/mol. The van der Waals surface area contributed by atoms with Gasteiger partial charge in [0.2, 0.25) is 15.9 Å². The number of nitrogens with zero attached hydrogens (tertiary/aromatic N) is 1. The van der Waals surface area contributed by atoms with Crippen LogP contribution in [0.15, 0.2) is 77.7 Å². The van der Waals surface area contributed by atoms with Crippen molar-refractivity contribution in [1.82, 2.24) is 0 Å². The van der Waals surface area contributed by atoms with E-state index in [0.29, 0.717) is 17.1 Å². The lowest BCUT2D eigenvalue weighted by Crippen LogP contribution is -2.31. The van der Waals surface area contributed by atoms with Crippen molar-refractivity contribution < 1.29 is 26.0 Å². The number of carbonyl (C=O) groups excluding carboxylic acids is 1. The summed E-state index contributed by atoms with van der Waals surface area (Å²) in [4.78, 5) is 12.4. The second-order valence-corrected chi connectivity index (χ2v) is 11.5. The summed E-state index contributed by atoms with van der Waals surface area (Å²) in [5.74, 6) is -0.836. The van der Waals surface area contributed by atoms with Crippen LogP contribution in [0.2, 0.25) is 0 Å². The van der Waals surface area contributed by atoms with Gasteiger partial charge in [-0.25, -0.2) is 21.2 Å². The number of hydrogen-bond donors (Lipinski definition) is 2. The van der Waals surface area contributed by atoms with Crippen LogP contribution in [-0.4, -0.2) is 35.5 Å². The molecule has 0 fully saturated rings. The molecule has 2 N–H and O–H groups in total. The minimum atomic E-state index is -3.79. The van der Waals surface area contributed by atoms with E-state index in [-0.39, 0.29) is 30.2 Å². The molecule has 0 aliphatic heterocycles. The van der Waals surface area contributed by atoms with Crippen LogP contribution in [0.25, 0.3) is 0 Å². The number of amides is 1. The Hall–Kier alpha value is -3.44. The second kappa shape index (κ2) is 10.9. The predicted octanol–water partition coefficient (Wildman–Crippen LogP) is 4.12. The van der Waals surface area contributed by atoms with E-state index in [1.54, 1.807) is 24.3 Å². The Labute approximate surface area is 204 Å². The number of nitrogens with one attached hydrogen (secondary N) is 2. The van der Waals surface area contributed by atoms with E-state index in [2.05, 4.69) is 10.0 Å². The number of halogens is 1. The van der Waals surface area contributed by atoms with Crippen molar-refractivity contribution in [3.05, 3.63) is 84.2 Å². The van der Waals surface area contributed by atoms with Crippen molar-refractivity contribution in [2.45, 2.75) is 24.7 Å². The molecule has 0 saturated carbocycles. The Morgan fingerprint density at radius 1 is 0.857 bits per heavy atom. The Balaban J connectivity index is 1.56. The largest absolute Gasteiger partial charge is 0.326 e. The van der Waals surface area contributed by atoms with Gasteiger partial charge >= 0.3 is 0 Å². The van der Waals surface area contributed by atoms with E-state index in [1.165, 1.54) is 48.5 Å². The zero-order valence-corrected chi connectivity index (χ0v) is 20.9. The predicted molar refractivity (Wildman–Crippen MR) is 135 cm³/mol. The topological polar surface area (TPSA) is 113 Å². The number of anilines is 3.